The number of carbonyl (C=O) groups excluding carboxylic acids is 1. The normalized spacial score (nSPS) is 19.9. The Morgan fingerprint density at radius 1 is 1.40 bits per heavy atom. The molecule has 0 radical (unpaired) electrons. The molecule has 1 fully saturated rings. The molecule has 6 heteroatoms. The molecule has 1 aromatic carbocycles. The molecule has 0 aromatic heterocycles. The fourth-order valence-corrected chi connectivity index (χ4v) is 3.02. The fraction of sp³-hybridized carbons (Fsp3) is 0.500. The number of carbonyl (C=O) groups is 1. The van der Waals surface area contributed by atoms with Crippen LogP contribution in [0.5, 0.6) is 0 Å². The summed E-state index contributed by atoms with van der Waals surface area (Å²) in [6, 6.07) is 6.14. The van der Waals surface area contributed by atoms with Crippen molar-refractivity contribution in [3.05, 3.63) is 32.7 Å². The van der Waals surface area contributed by atoms with E-state index < -0.39 is 0 Å². The maximum absolute atomic E-state index is 12.2. The van der Waals surface area contributed by atoms with Crippen molar-refractivity contribution >= 4 is 37.8 Å². The van der Waals surface area contributed by atoms with E-state index >= 15 is 0 Å². The van der Waals surface area contributed by atoms with Crippen molar-refractivity contribution in [1.82, 2.24) is 15.1 Å². The predicted octanol–water partition coefficient (Wildman–Crippen LogP) is 2.07. The highest BCUT2D eigenvalue weighted by molar-refractivity contribution is 9.13. The smallest absolute Gasteiger partial charge is 0.240 e. The Kier molecular flexibility index (Phi) is 5.60. The van der Waals surface area contributed by atoms with E-state index in [-0.39, 0.29) is 11.9 Å². The third-order valence-electron chi connectivity index (χ3n) is 3.45. The second-order valence-electron chi connectivity index (χ2n) is 5.17. The summed E-state index contributed by atoms with van der Waals surface area (Å²) in [5.41, 5.74) is 1.21. The van der Waals surface area contributed by atoms with Crippen molar-refractivity contribution in [2.45, 2.75) is 12.6 Å². The second-order valence-corrected chi connectivity index (χ2v) is 6.88. The van der Waals surface area contributed by atoms with Gasteiger partial charge in [0.05, 0.1) is 0 Å². The van der Waals surface area contributed by atoms with Crippen LogP contribution < -0.4 is 5.32 Å². The number of amides is 1. The first-order valence-electron chi connectivity index (χ1n) is 6.59. The average molecular weight is 405 g/mol. The quantitative estimate of drug-likeness (QED) is 0.837. The maximum Gasteiger partial charge on any atom is 0.240 e. The molecule has 1 heterocycles. The van der Waals surface area contributed by atoms with E-state index in [4.69, 9.17) is 0 Å². The molecule has 0 bridgehead atoms. The molecule has 0 aliphatic carbocycles. The van der Waals surface area contributed by atoms with Gasteiger partial charge >= 0.3 is 0 Å². The molecule has 0 saturated carbocycles. The second kappa shape index (κ2) is 7.02. The molecule has 4 nitrogen and oxygen atoms in total. The Hall–Kier alpha value is -0.430. The summed E-state index contributed by atoms with van der Waals surface area (Å²) < 4.78 is 2.09. The molecule has 110 valence electrons. The third kappa shape index (κ3) is 3.81. The van der Waals surface area contributed by atoms with Gasteiger partial charge in [0.2, 0.25) is 5.91 Å². The molecule has 1 atom stereocenters. The van der Waals surface area contributed by atoms with E-state index in [0.717, 1.165) is 28.6 Å². The van der Waals surface area contributed by atoms with Crippen molar-refractivity contribution < 1.29 is 4.79 Å². The number of piperazine rings is 1. The van der Waals surface area contributed by atoms with Crippen molar-refractivity contribution in [2.24, 2.45) is 0 Å². The van der Waals surface area contributed by atoms with Crippen LogP contribution in [-0.2, 0) is 11.3 Å². The Morgan fingerprint density at radius 2 is 2.15 bits per heavy atom. The van der Waals surface area contributed by atoms with Gasteiger partial charge in [-0.2, -0.15) is 0 Å². The zero-order valence-corrected chi connectivity index (χ0v) is 14.9. The maximum atomic E-state index is 12.2. The van der Waals surface area contributed by atoms with Crippen molar-refractivity contribution in [3.8, 4) is 0 Å². The van der Waals surface area contributed by atoms with Crippen molar-refractivity contribution in [2.75, 3.05) is 33.7 Å². The number of likely N-dealkylation sites (N-methyl/N-ethyl adjacent to an activating group) is 1. The summed E-state index contributed by atoms with van der Waals surface area (Å²) in [6.07, 6.45) is 0. The van der Waals surface area contributed by atoms with Crippen molar-refractivity contribution in [3.63, 3.8) is 0 Å². The Morgan fingerprint density at radius 3 is 2.80 bits per heavy atom. The van der Waals surface area contributed by atoms with Gasteiger partial charge in [0.15, 0.2) is 0 Å². The Bertz CT molecular complexity index is 493. The fourth-order valence-electron chi connectivity index (χ4n) is 2.35. The van der Waals surface area contributed by atoms with E-state index in [0.29, 0.717) is 6.54 Å². The molecular weight excluding hydrogens is 386 g/mol. The number of rotatable bonds is 3. The van der Waals surface area contributed by atoms with Gasteiger partial charge in [-0.25, -0.2) is 0 Å². The van der Waals surface area contributed by atoms with E-state index in [1.807, 2.05) is 20.2 Å². The topological polar surface area (TPSA) is 35.6 Å². The largest absolute Gasteiger partial charge is 0.347 e. The van der Waals surface area contributed by atoms with E-state index in [1.54, 1.807) is 4.90 Å². The van der Waals surface area contributed by atoms with E-state index in [9.17, 15) is 4.79 Å². The van der Waals surface area contributed by atoms with Crippen LogP contribution in [0.3, 0.4) is 0 Å². The molecule has 20 heavy (non-hydrogen) atoms. The van der Waals surface area contributed by atoms with Gasteiger partial charge in [-0.3, -0.25) is 9.69 Å². The highest BCUT2D eigenvalue weighted by Crippen LogP contribution is 2.25. The SMILES string of the molecule is CN(C)C(=O)C1CNCCN1Cc1ccc(Br)c(Br)c1. The zero-order valence-electron chi connectivity index (χ0n) is 11.7. The summed E-state index contributed by atoms with van der Waals surface area (Å²) in [4.78, 5) is 16.2. The first kappa shape index (κ1) is 15.9. The van der Waals surface area contributed by atoms with Gasteiger partial charge in [-0.15, -0.1) is 0 Å². The number of nitrogens with zero attached hydrogens (tertiary/aromatic N) is 2. The van der Waals surface area contributed by atoms with Gasteiger partial charge in [0, 0.05) is 49.2 Å². The highest BCUT2D eigenvalue weighted by Gasteiger charge is 2.29. The highest BCUT2D eigenvalue weighted by atomic mass is 79.9. The minimum atomic E-state index is -0.0822. The van der Waals surface area contributed by atoms with E-state index in [2.05, 4.69) is 54.2 Å². The van der Waals surface area contributed by atoms with Crippen LogP contribution in [0.4, 0.5) is 0 Å². The van der Waals surface area contributed by atoms with Crippen LogP contribution in [0.15, 0.2) is 27.1 Å². The first-order chi connectivity index (χ1) is 9.49. The van der Waals surface area contributed by atoms with Crippen LogP contribution in [0.2, 0.25) is 0 Å². The minimum Gasteiger partial charge on any atom is -0.347 e. The summed E-state index contributed by atoms with van der Waals surface area (Å²) in [5.74, 6) is 0.161. The lowest BCUT2D eigenvalue weighted by Gasteiger charge is -2.36. The average Bonchev–Trinajstić information content (AvgIpc) is 2.42. The first-order valence-corrected chi connectivity index (χ1v) is 8.17. The molecule has 0 spiro atoms. The van der Waals surface area contributed by atoms with Crippen LogP contribution in [0, 0.1) is 0 Å². The summed E-state index contributed by atoms with van der Waals surface area (Å²) in [5, 5.41) is 3.30. The van der Waals surface area contributed by atoms with Gasteiger partial charge in [-0.1, -0.05) is 6.07 Å². The minimum absolute atomic E-state index is 0.0822. The molecule has 1 saturated heterocycles. The van der Waals surface area contributed by atoms with Crippen LogP contribution in [-0.4, -0.2) is 55.5 Å². The molecule has 1 aliphatic heterocycles. The summed E-state index contributed by atoms with van der Waals surface area (Å²) in [7, 11) is 3.62. The summed E-state index contributed by atoms with van der Waals surface area (Å²) in [6.45, 7) is 3.32. The number of hydrogen-bond acceptors (Lipinski definition) is 3. The lowest BCUT2D eigenvalue weighted by atomic mass is 10.1. The lowest BCUT2D eigenvalue weighted by molar-refractivity contribution is -0.135. The molecule has 1 aromatic rings. The van der Waals surface area contributed by atoms with Crippen LogP contribution in [0.1, 0.15) is 5.56 Å². The van der Waals surface area contributed by atoms with E-state index in [1.165, 1.54) is 5.56 Å². The summed E-state index contributed by atoms with van der Waals surface area (Å²) >= 11 is 7.00. The van der Waals surface area contributed by atoms with Gasteiger partial charge in [0.25, 0.3) is 0 Å². The van der Waals surface area contributed by atoms with Gasteiger partial charge in [0.1, 0.15) is 6.04 Å². The number of benzene rings is 1. The molecule has 2 rings (SSSR count). The van der Waals surface area contributed by atoms with Crippen molar-refractivity contribution in [1.29, 1.82) is 0 Å². The Balaban J connectivity index is 2.12. The molecule has 1 aliphatic rings. The molecule has 1 amide bonds. The standard InChI is InChI=1S/C14H19Br2N3O/c1-18(2)14(20)13-8-17-5-6-19(13)9-10-3-4-11(15)12(16)7-10/h3-4,7,13,17H,5-6,8-9H2,1-2H3. The molecule has 1 unspecified atom stereocenters. The Labute approximate surface area is 136 Å². The van der Waals surface area contributed by atoms with Gasteiger partial charge < -0.3 is 10.2 Å². The van der Waals surface area contributed by atoms with Crippen LogP contribution in [0.25, 0.3) is 0 Å². The molecular formula is C14H19Br2N3O. The lowest BCUT2D eigenvalue weighted by Crippen LogP contribution is -2.57. The number of nitrogens with one attached hydrogen (secondary N) is 1. The third-order valence-corrected chi connectivity index (χ3v) is 5.33. The number of halogens is 2. The zero-order chi connectivity index (χ0) is 14.7. The van der Waals surface area contributed by atoms with Crippen LogP contribution >= 0.6 is 31.9 Å². The monoisotopic (exact) mass is 403 g/mol. The number of hydrogen-bond donors (Lipinski definition) is 1. The van der Waals surface area contributed by atoms with Gasteiger partial charge in [-0.05, 0) is 49.6 Å². The predicted molar refractivity (Wildman–Crippen MR) is 87.6 cm³/mol. The molecule has 1 N–H and O–H groups in total.